The molecule has 0 aliphatic heterocycles. The van der Waals surface area contributed by atoms with Crippen LogP contribution in [-0.2, 0) is 4.79 Å². The minimum atomic E-state index is 0.153. The van der Waals surface area contributed by atoms with E-state index >= 15 is 0 Å². The first kappa shape index (κ1) is 14.0. The van der Waals surface area contributed by atoms with E-state index in [4.69, 9.17) is 0 Å². The van der Waals surface area contributed by atoms with Crippen molar-refractivity contribution in [2.75, 3.05) is 18.8 Å². The number of thioether (sulfide) groups is 1. The number of Topliss-reactive ketones (excluding diaryl/α,β-unsaturated/α-hetero) is 1. The summed E-state index contributed by atoms with van der Waals surface area (Å²) in [5, 5.41) is 3.31. The van der Waals surface area contributed by atoms with Gasteiger partial charge in [0.1, 0.15) is 5.78 Å². The topological polar surface area (TPSA) is 29.1 Å². The predicted octanol–water partition coefficient (Wildman–Crippen LogP) is 2.33. The molecule has 0 bridgehead atoms. The van der Waals surface area contributed by atoms with Crippen molar-refractivity contribution in [3.8, 4) is 0 Å². The van der Waals surface area contributed by atoms with Crippen LogP contribution in [0.3, 0.4) is 0 Å². The maximum Gasteiger partial charge on any atom is 0.145 e. The molecule has 84 valence electrons. The molecule has 3 heteroatoms. The van der Waals surface area contributed by atoms with Gasteiger partial charge in [-0.05, 0) is 20.4 Å². The van der Waals surface area contributed by atoms with Crippen LogP contribution < -0.4 is 5.32 Å². The van der Waals surface area contributed by atoms with Crippen molar-refractivity contribution < 1.29 is 4.79 Å². The van der Waals surface area contributed by atoms with Gasteiger partial charge in [-0.1, -0.05) is 20.8 Å². The molecule has 2 nitrogen and oxygen atoms in total. The third-order valence-electron chi connectivity index (χ3n) is 2.05. The van der Waals surface area contributed by atoms with Gasteiger partial charge in [0.15, 0.2) is 0 Å². The molecule has 0 saturated carbocycles. The predicted molar refractivity (Wildman–Crippen MR) is 64.9 cm³/mol. The summed E-state index contributed by atoms with van der Waals surface area (Å²) in [6, 6.07) is 0. The molecule has 1 N–H and O–H groups in total. The molecule has 0 fully saturated rings. The molecule has 0 aromatic heterocycles. The van der Waals surface area contributed by atoms with Crippen LogP contribution in [-0.4, -0.2) is 29.4 Å². The van der Waals surface area contributed by atoms with Crippen LogP contribution in [0.25, 0.3) is 0 Å². The number of rotatable bonds is 7. The Kier molecular flexibility index (Phi) is 6.45. The molecular formula is C11H23NOS. The average Bonchev–Trinajstić information content (AvgIpc) is 2.11. The minimum absolute atomic E-state index is 0.153. The van der Waals surface area contributed by atoms with Gasteiger partial charge < -0.3 is 5.32 Å². The van der Waals surface area contributed by atoms with Gasteiger partial charge in [-0.2, -0.15) is 0 Å². The third-order valence-corrected chi connectivity index (χ3v) is 3.40. The molecule has 0 radical (unpaired) electrons. The molecule has 0 aliphatic rings. The second-order valence-corrected chi connectivity index (χ2v) is 6.13. The Hall–Kier alpha value is -0.0200. The summed E-state index contributed by atoms with van der Waals surface area (Å²) in [4.78, 5) is 11.4. The third kappa shape index (κ3) is 6.44. The number of ketones is 1. The molecule has 0 atom stereocenters. The summed E-state index contributed by atoms with van der Waals surface area (Å²) in [7, 11) is 0. The molecular weight excluding hydrogens is 194 g/mol. The van der Waals surface area contributed by atoms with E-state index in [1.165, 1.54) is 0 Å². The summed E-state index contributed by atoms with van der Waals surface area (Å²) in [5.74, 6) is 1.15. The average molecular weight is 217 g/mol. The smallest absolute Gasteiger partial charge is 0.145 e. The van der Waals surface area contributed by atoms with E-state index in [0.29, 0.717) is 11.5 Å². The molecule has 0 unspecified atom stereocenters. The van der Waals surface area contributed by atoms with Crippen molar-refractivity contribution >= 4 is 17.5 Å². The lowest BCUT2D eigenvalue weighted by Crippen LogP contribution is -2.33. The fourth-order valence-electron chi connectivity index (χ4n) is 0.910. The quantitative estimate of drug-likeness (QED) is 0.709. The molecule has 0 aromatic rings. The van der Waals surface area contributed by atoms with Gasteiger partial charge in [0, 0.05) is 17.2 Å². The number of hydrogen-bond donors (Lipinski definition) is 1. The van der Waals surface area contributed by atoms with Gasteiger partial charge in [0.05, 0.1) is 5.75 Å². The molecule has 0 amide bonds. The van der Waals surface area contributed by atoms with Gasteiger partial charge in [-0.15, -0.1) is 11.8 Å². The highest BCUT2D eigenvalue weighted by atomic mass is 32.2. The summed E-state index contributed by atoms with van der Waals surface area (Å²) >= 11 is 1.74. The highest BCUT2D eigenvalue weighted by molar-refractivity contribution is 8.01. The van der Waals surface area contributed by atoms with Crippen LogP contribution in [0.15, 0.2) is 0 Å². The number of nitrogens with one attached hydrogen (secondary N) is 1. The van der Waals surface area contributed by atoms with Crippen LogP contribution >= 0.6 is 11.8 Å². The zero-order valence-electron chi connectivity index (χ0n) is 10.0. The second kappa shape index (κ2) is 6.46. The van der Waals surface area contributed by atoms with Gasteiger partial charge in [-0.3, -0.25) is 4.79 Å². The zero-order valence-corrected chi connectivity index (χ0v) is 10.8. The fraction of sp³-hybridized carbons (Fsp3) is 0.909. The van der Waals surface area contributed by atoms with Crippen molar-refractivity contribution in [1.29, 1.82) is 0 Å². The standard InChI is InChI=1S/C11H23NOS/c1-6-12-8-11(4,5)14-7-10(13)9(2)3/h9,12H,6-8H2,1-5H3. The highest BCUT2D eigenvalue weighted by Crippen LogP contribution is 2.24. The lowest BCUT2D eigenvalue weighted by Gasteiger charge is -2.24. The van der Waals surface area contributed by atoms with Crippen LogP contribution in [0.5, 0.6) is 0 Å². The number of carbonyl (C=O) groups is 1. The lowest BCUT2D eigenvalue weighted by molar-refractivity contribution is -0.119. The molecule has 0 rings (SSSR count). The molecule has 0 saturated heterocycles. The second-order valence-electron chi connectivity index (χ2n) is 4.45. The van der Waals surface area contributed by atoms with Crippen molar-refractivity contribution in [3.63, 3.8) is 0 Å². The first-order valence-corrected chi connectivity index (χ1v) is 6.25. The van der Waals surface area contributed by atoms with Crippen LogP contribution in [0.4, 0.5) is 0 Å². The lowest BCUT2D eigenvalue weighted by atomic mass is 10.1. The maximum absolute atomic E-state index is 11.4. The van der Waals surface area contributed by atoms with Crippen LogP contribution in [0.1, 0.15) is 34.6 Å². The van der Waals surface area contributed by atoms with Gasteiger partial charge in [-0.25, -0.2) is 0 Å². The van der Waals surface area contributed by atoms with E-state index < -0.39 is 0 Å². The number of hydrogen-bond acceptors (Lipinski definition) is 3. The Labute approximate surface area is 92.2 Å². The van der Waals surface area contributed by atoms with Crippen LogP contribution in [0.2, 0.25) is 0 Å². The summed E-state index contributed by atoms with van der Waals surface area (Å²) < 4.78 is 0.153. The zero-order chi connectivity index (χ0) is 11.2. The summed E-state index contributed by atoms with van der Waals surface area (Å²) in [5.41, 5.74) is 0. The Morgan fingerprint density at radius 1 is 1.43 bits per heavy atom. The molecule has 0 aromatic carbocycles. The first-order chi connectivity index (χ1) is 6.39. The fourth-order valence-corrected chi connectivity index (χ4v) is 1.98. The largest absolute Gasteiger partial charge is 0.316 e. The van der Waals surface area contributed by atoms with Crippen molar-refractivity contribution in [1.82, 2.24) is 5.32 Å². The van der Waals surface area contributed by atoms with E-state index in [-0.39, 0.29) is 10.7 Å². The van der Waals surface area contributed by atoms with E-state index in [2.05, 4.69) is 26.1 Å². The van der Waals surface area contributed by atoms with E-state index in [1.807, 2.05) is 13.8 Å². The Bertz CT molecular complexity index is 178. The monoisotopic (exact) mass is 217 g/mol. The summed E-state index contributed by atoms with van der Waals surface area (Å²) in [6.07, 6.45) is 0. The van der Waals surface area contributed by atoms with E-state index in [1.54, 1.807) is 11.8 Å². The first-order valence-electron chi connectivity index (χ1n) is 5.26. The van der Waals surface area contributed by atoms with E-state index in [0.717, 1.165) is 13.1 Å². The van der Waals surface area contributed by atoms with E-state index in [9.17, 15) is 4.79 Å². The van der Waals surface area contributed by atoms with Gasteiger partial charge in [0.25, 0.3) is 0 Å². The Morgan fingerprint density at radius 3 is 2.43 bits per heavy atom. The normalized spacial score (nSPS) is 12.1. The van der Waals surface area contributed by atoms with Crippen molar-refractivity contribution in [2.24, 2.45) is 5.92 Å². The maximum atomic E-state index is 11.4. The Morgan fingerprint density at radius 2 is 2.00 bits per heavy atom. The highest BCUT2D eigenvalue weighted by Gasteiger charge is 2.19. The van der Waals surface area contributed by atoms with Gasteiger partial charge >= 0.3 is 0 Å². The SMILES string of the molecule is CCNCC(C)(C)SCC(=O)C(C)C. The van der Waals surface area contributed by atoms with Crippen LogP contribution in [0, 0.1) is 5.92 Å². The molecule has 0 heterocycles. The molecule has 0 spiro atoms. The summed E-state index contributed by atoms with van der Waals surface area (Å²) in [6.45, 7) is 12.3. The minimum Gasteiger partial charge on any atom is -0.316 e. The molecule has 0 aliphatic carbocycles. The van der Waals surface area contributed by atoms with Gasteiger partial charge in [0.2, 0.25) is 0 Å². The Balaban J connectivity index is 3.80. The van der Waals surface area contributed by atoms with Crippen molar-refractivity contribution in [2.45, 2.75) is 39.4 Å². The van der Waals surface area contributed by atoms with Crippen molar-refractivity contribution in [3.05, 3.63) is 0 Å². The molecule has 14 heavy (non-hydrogen) atoms. The number of carbonyl (C=O) groups excluding carboxylic acids is 1.